The number of rotatable bonds is 10. The maximum absolute atomic E-state index is 13.6. The quantitative estimate of drug-likeness (QED) is 0.472. The molecule has 35 heavy (non-hydrogen) atoms. The van der Waals surface area contributed by atoms with Gasteiger partial charge in [-0.05, 0) is 52.0 Å². The zero-order valence-electron chi connectivity index (χ0n) is 22.4. The highest BCUT2D eigenvalue weighted by Crippen LogP contribution is 2.21. The molecule has 1 fully saturated rings. The summed E-state index contributed by atoms with van der Waals surface area (Å²) in [7, 11) is 1.74. The van der Waals surface area contributed by atoms with Crippen molar-refractivity contribution >= 4 is 34.2 Å². The van der Waals surface area contributed by atoms with Crippen molar-refractivity contribution < 1.29 is 14.4 Å². The second-order valence-corrected chi connectivity index (χ2v) is 11.1. The molecule has 0 spiro atoms. The Morgan fingerprint density at radius 3 is 2.37 bits per heavy atom. The van der Waals surface area contributed by atoms with E-state index in [9.17, 15) is 14.4 Å². The van der Waals surface area contributed by atoms with Crippen molar-refractivity contribution in [3.05, 3.63) is 17.2 Å². The molecule has 9 nitrogen and oxygen atoms in total. The van der Waals surface area contributed by atoms with E-state index in [0.717, 1.165) is 25.8 Å². The van der Waals surface area contributed by atoms with Gasteiger partial charge in [0.15, 0.2) is 0 Å². The van der Waals surface area contributed by atoms with E-state index in [1.807, 2.05) is 27.7 Å². The van der Waals surface area contributed by atoms with Gasteiger partial charge in [-0.3, -0.25) is 24.6 Å². The van der Waals surface area contributed by atoms with Crippen molar-refractivity contribution in [2.75, 3.05) is 18.9 Å². The maximum Gasteiger partial charge on any atom is 0.252 e. The first kappa shape index (κ1) is 28.9. The van der Waals surface area contributed by atoms with Crippen LogP contribution < -0.4 is 10.6 Å². The summed E-state index contributed by atoms with van der Waals surface area (Å²) in [5.74, 6) is -0.543. The lowest BCUT2D eigenvalue weighted by Crippen LogP contribution is -2.58. The van der Waals surface area contributed by atoms with Gasteiger partial charge in [0.2, 0.25) is 16.9 Å². The number of nitrogens with zero attached hydrogens (tertiary/aromatic N) is 4. The van der Waals surface area contributed by atoms with E-state index in [1.54, 1.807) is 30.5 Å². The van der Waals surface area contributed by atoms with Crippen molar-refractivity contribution in [3.63, 3.8) is 0 Å². The van der Waals surface area contributed by atoms with Crippen LogP contribution in [-0.4, -0.2) is 75.5 Å². The van der Waals surface area contributed by atoms with E-state index in [1.165, 1.54) is 11.3 Å². The molecular weight excluding hydrogens is 464 g/mol. The van der Waals surface area contributed by atoms with Gasteiger partial charge in [0.1, 0.15) is 11.6 Å². The summed E-state index contributed by atoms with van der Waals surface area (Å²) in [6.07, 6.45) is 4.71. The molecule has 1 aliphatic heterocycles. The largest absolute Gasteiger partial charge is 0.343 e. The van der Waals surface area contributed by atoms with Gasteiger partial charge in [0.25, 0.3) is 5.91 Å². The highest BCUT2D eigenvalue weighted by Gasteiger charge is 2.36. The Morgan fingerprint density at radius 2 is 1.83 bits per heavy atom. The van der Waals surface area contributed by atoms with Crippen molar-refractivity contribution in [3.8, 4) is 0 Å². The number of amides is 3. The number of likely N-dealkylation sites (tertiary alicyclic amines) is 1. The zero-order chi connectivity index (χ0) is 26.3. The number of piperidine rings is 1. The minimum atomic E-state index is -0.645. The van der Waals surface area contributed by atoms with E-state index in [2.05, 4.69) is 39.6 Å². The SMILES string of the molecule is C/C(=C\[C@H](C(C)C)N(C)C(=O)[C@@H](NC(=O)[C@H]1CCCCN1C(C)C)C(C)C)C(=O)Nc1nncs1. The number of hydrogen-bond acceptors (Lipinski definition) is 7. The van der Waals surface area contributed by atoms with Crippen LogP contribution in [0.1, 0.15) is 67.7 Å². The second-order valence-electron chi connectivity index (χ2n) is 10.3. The van der Waals surface area contributed by atoms with E-state index >= 15 is 0 Å². The Morgan fingerprint density at radius 1 is 1.14 bits per heavy atom. The molecule has 3 atom stereocenters. The summed E-state index contributed by atoms with van der Waals surface area (Å²) in [6, 6.07) is -0.905. The number of carbonyl (C=O) groups is 3. The van der Waals surface area contributed by atoms with Crippen molar-refractivity contribution in [2.45, 2.75) is 91.9 Å². The fourth-order valence-electron chi connectivity index (χ4n) is 4.49. The van der Waals surface area contributed by atoms with Gasteiger partial charge in [-0.15, -0.1) is 10.2 Å². The molecule has 2 rings (SSSR count). The Bertz CT molecular complexity index is 884. The minimum Gasteiger partial charge on any atom is -0.343 e. The smallest absolute Gasteiger partial charge is 0.252 e. The van der Waals surface area contributed by atoms with E-state index in [4.69, 9.17) is 0 Å². The molecular formula is C25H42N6O3S. The Kier molecular flexibility index (Phi) is 10.8. The summed E-state index contributed by atoms with van der Waals surface area (Å²) < 4.78 is 0. The van der Waals surface area contributed by atoms with Gasteiger partial charge in [0, 0.05) is 18.7 Å². The van der Waals surface area contributed by atoms with Crippen LogP contribution in [0.15, 0.2) is 17.2 Å². The predicted molar refractivity (Wildman–Crippen MR) is 140 cm³/mol. The lowest BCUT2D eigenvalue weighted by molar-refractivity contribution is -0.140. The van der Waals surface area contributed by atoms with Gasteiger partial charge in [-0.25, -0.2) is 0 Å². The van der Waals surface area contributed by atoms with Gasteiger partial charge in [-0.1, -0.05) is 51.5 Å². The maximum atomic E-state index is 13.6. The van der Waals surface area contributed by atoms with Gasteiger partial charge < -0.3 is 10.2 Å². The first-order valence-corrected chi connectivity index (χ1v) is 13.4. The molecule has 1 saturated heterocycles. The molecule has 1 aromatic heterocycles. The molecule has 0 radical (unpaired) electrons. The average Bonchev–Trinajstić information content (AvgIpc) is 3.32. The Labute approximate surface area is 213 Å². The molecule has 3 amide bonds. The normalized spacial score (nSPS) is 19.1. The monoisotopic (exact) mass is 506 g/mol. The summed E-state index contributed by atoms with van der Waals surface area (Å²) in [4.78, 5) is 43.4. The van der Waals surface area contributed by atoms with E-state index in [0.29, 0.717) is 10.7 Å². The van der Waals surface area contributed by atoms with Gasteiger partial charge in [0.05, 0.1) is 12.1 Å². The molecule has 0 aromatic carbocycles. The fourth-order valence-corrected chi connectivity index (χ4v) is 4.93. The third-order valence-corrected chi connectivity index (χ3v) is 7.18. The summed E-state index contributed by atoms with van der Waals surface area (Å²) in [6.45, 7) is 14.7. The van der Waals surface area contributed by atoms with Crippen LogP contribution in [0, 0.1) is 11.8 Å². The number of hydrogen-bond donors (Lipinski definition) is 2. The molecule has 196 valence electrons. The van der Waals surface area contributed by atoms with E-state index in [-0.39, 0.29) is 47.7 Å². The summed E-state index contributed by atoms with van der Waals surface area (Å²) >= 11 is 1.24. The molecule has 2 heterocycles. The van der Waals surface area contributed by atoms with Gasteiger partial charge >= 0.3 is 0 Å². The lowest BCUT2D eigenvalue weighted by Gasteiger charge is -2.39. The van der Waals surface area contributed by atoms with Crippen LogP contribution in [0.25, 0.3) is 0 Å². The second kappa shape index (κ2) is 13.1. The molecule has 1 aliphatic rings. The predicted octanol–water partition coefficient (Wildman–Crippen LogP) is 3.31. The number of nitrogens with one attached hydrogen (secondary N) is 2. The molecule has 0 saturated carbocycles. The Hall–Kier alpha value is -2.33. The first-order valence-electron chi connectivity index (χ1n) is 12.5. The first-order chi connectivity index (χ1) is 16.4. The highest BCUT2D eigenvalue weighted by molar-refractivity contribution is 7.13. The minimum absolute atomic E-state index is 0.0616. The molecule has 10 heteroatoms. The van der Waals surface area contributed by atoms with Crippen LogP contribution in [-0.2, 0) is 14.4 Å². The average molecular weight is 507 g/mol. The van der Waals surface area contributed by atoms with Crippen LogP contribution in [0.3, 0.4) is 0 Å². The van der Waals surface area contributed by atoms with Gasteiger partial charge in [-0.2, -0.15) is 0 Å². The van der Waals surface area contributed by atoms with Crippen LogP contribution >= 0.6 is 11.3 Å². The molecule has 0 unspecified atom stereocenters. The fraction of sp³-hybridized carbons (Fsp3) is 0.720. The molecule has 0 aliphatic carbocycles. The lowest BCUT2D eigenvalue weighted by atomic mass is 9.95. The third kappa shape index (κ3) is 7.83. The van der Waals surface area contributed by atoms with Crippen LogP contribution in [0.5, 0.6) is 0 Å². The van der Waals surface area contributed by atoms with Crippen molar-refractivity contribution in [2.24, 2.45) is 11.8 Å². The van der Waals surface area contributed by atoms with Crippen LogP contribution in [0.4, 0.5) is 5.13 Å². The van der Waals surface area contributed by atoms with E-state index < -0.39 is 6.04 Å². The number of likely N-dealkylation sites (N-methyl/N-ethyl adjacent to an activating group) is 1. The Balaban J connectivity index is 2.17. The highest BCUT2D eigenvalue weighted by atomic mass is 32.1. The molecule has 0 bridgehead atoms. The molecule has 2 N–H and O–H groups in total. The number of anilines is 1. The number of carbonyl (C=O) groups excluding carboxylic acids is 3. The van der Waals surface area contributed by atoms with Crippen LogP contribution in [0.2, 0.25) is 0 Å². The standard InChI is InChI=1S/C25H42N6O3S/c1-15(2)20(13-18(7)22(32)28-25-29-26-14-35-25)30(8)24(34)21(16(3)4)27-23(33)19-11-9-10-12-31(19)17(5)6/h13-17,19-21H,9-12H2,1-8H3,(H,27,33)(H,28,29,32)/b18-13+/t19-,20-,21+/m1/s1. The topological polar surface area (TPSA) is 108 Å². The summed E-state index contributed by atoms with van der Waals surface area (Å²) in [5, 5.41) is 13.8. The summed E-state index contributed by atoms with van der Waals surface area (Å²) in [5.41, 5.74) is 2.03. The van der Waals surface area contributed by atoms with Crippen molar-refractivity contribution in [1.82, 2.24) is 25.3 Å². The third-order valence-electron chi connectivity index (χ3n) is 6.58. The zero-order valence-corrected chi connectivity index (χ0v) is 23.2. The van der Waals surface area contributed by atoms with Crippen molar-refractivity contribution in [1.29, 1.82) is 0 Å². The number of aromatic nitrogens is 2. The molecule has 1 aromatic rings.